The van der Waals surface area contributed by atoms with Crippen molar-refractivity contribution in [2.45, 2.75) is 13.0 Å². The van der Waals surface area contributed by atoms with Crippen molar-refractivity contribution in [3.63, 3.8) is 0 Å². The third-order valence-electron chi connectivity index (χ3n) is 4.15. The van der Waals surface area contributed by atoms with Crippen LogP contribution in [0.15, 0.2) is 36.4 Å². The Labute approximate surface area is 170 Å². The van der Waals surface area contributed by atoms with Crippen molar-refractivity contribution >= 4 is 23.6 Å². The van der Waals surface area contributed by atoms with Crippen LogP contribution < -0.4 is 24.3 Å². The van der Waals surface area contributed by atoms with Gasteiger partial charge < -0.3 is 24.3 Å². The van der Waals surface area contributed by atoms with Crippen LogP contribution in [-0.2, 0) is 4.79 Å². The van der Waals surface area contributed by atoms with Gasteiger partial charge in [-0.25, -0.2) is 0 Å². The maximum atomic E-state index is 12.4. The first-order chi connectivity index (χ1) is 13.4. The number of benzene rings is 2. The third kappa shape index (κ3) is 5.10. The molecule has 0 bridgehead atoms. The molecule has 0 saturated heterocycles. The number of rotatable bonds is 8. The lowest BCUT2D eigenvalue weighted by Crippen LogP contribution is -2.25. The number of nitrogens with one attached hydrogen (secondary N) is 1. The average Bonchev–Trinajstić information content (AvgIpc) is 2.71. The maximum absolute atomic E-state index is 12.4. The molecule has 0 spiro atoms. The van der Waals surface area contributed by atoms with Crippen molar-refractivity contribution in [1.29, 1.82) is 0 Å². The van der Waals surface area contributed by atoms with E-state index >= 15 is 0 Å². The SMILES string of the molecule is COc1ccc(OC)c([C@H](C)NC(=O)/C=C/c2cc(Cl)c(OC)c(OC)c2)c1. The maximum Gasteiger partial charge on any atom is 0.244 e. The van der Waals surface area contributed by atoms with Crippen molar-refractivity contribution in [3.05, 3.63) is 52.6 Å². The van der Waals surface area contributed by atoms with Gasteiger partial charge in [0.05, 0.1) is 39.5 Å². The Morgan fingerprint density at radius 1 is 1.00 bits per heavy atom. The number of ether oxygens (including phenoxy) is 4. The zero-order valence-corrected chi connectivity index (χ0v) is 17.3. The molecule has 0 radical (unpaired) electrons. The fourth-order valence-corrected chi connectivity index (χ4v) is 3.02. The number of halogens is 1. The van der Waals surface area contributed by atoms with Crippen LogP contribution >= 0.6 is 11.6 Å². The van der Waals surface area contributed by atoms with Crippen molar-refractivity contribution in [2.24, 2.45) is 0 Å². The van der Waals surface area contributed by atoms with Crippen LogP contribution in [0.3, 0.4) is 0 Å². The Morgan fingerprint density at radius 2 is 1.71 bits per heavy atom. The van der Waals surface area contributed by atoms with Crippen LogP contribution in [0.2, 0.25) is 5.02 Å². The van der Waals surface area contributed by atoms with Crippen molar-refractivity contribution in [1.82, 2.24) is 5.32 Å². The molecule has 1 atom stereocenters. The molecule has 7 heteroatoms. The van der Waals surface area contributed by atoms with E-state index in [2.05, 4.69) is 5.32 Å². The van der Waals surface area contributed by atoms with Crippen LogP contribution in [-0.4, -0.2) is 34.3 Å². The Kier molecular flexibility index (Phi) is 7.58. The van der Waals surface area contributed by atoms with Crippen molar-refractivity contribution < 1.29 is 23.7 Å². The van der Waals surface area contributed by atoms with E-state index in [0.29, 0.717) is 33.6 Å². The lowest BCUT2D eigenvalue weighted by molar-refractivity contribution is -0.117. The molecule has 2 rings (SSSR count). The zero-order chi connectivity index (χ0) is 20.7. The molecule has 0 aliphatic heterocycles. The summed E-state index contributed by atoms with van der Waals surface area (Å²) < 4.78 is 21.1. The summed E-state index contributed by atoms with van der Waals surface area (Å²) in [7, 11) is 6.21. The molecule has 0 aliphatic carbocycles. The van der Waals surface area contributed by atoms with Gasteiger partial charge in [-0.2, -0.15) is 0 Å². The van der Waals surface area contributed by atoms with Crippen LogP contribution in [0.25, 0.3) is 6.08 Å². The van der Waals surface area contributed by atoms with Crippen LogP contribution in [0, 0.1) is 0 Å². The minimum absolute atomic E-state index is 0.261. The molecule has 0 heterocycles. The number of hydrogen-bond donors (Lipinski definition) is 1. The smallest absolute Gasteiger partial charge is 0.244 e. The lowest BCUT2D eigenvalue weighted by atomic mass is 10.1. The molecule has 0 aromatic heterocycles. The number of methoxy groups -OCH3 is 4. The lowest BCUT2D eigenvalue weighted by Gasteiger charge is -2.17. The number of carbonyl (C=O) groups excluding carboxylic acids is 1. The summed E-state index contributed by atoms with van der Waals surface area (Å²) in [6, 6.07) is 8.60. The van der Waals surface area contributed by atoms with Crippen LogP contribution in [0.5, 0.6) is 23.0 Å². The van der Waals surface area contributed by atoms with Gasteiger partial charge in [-0.3, -0.25) is 4.79 Å². The molecule has 150 valence electrons. The first-order valence-electron chi connectivity index (χ1n) is 8.55. The molecule has 0 saturated carbocycles. The van der Waals surface area contributed by atoms with Gasteiger partial charge in [-0.15, -0.1) is 0 Å². The van der Waals surface area contributed by atoms with Gasteiger partial charge in [0.25, 0.3) is 0 Å². The van der Waals surface area contributed by atoms with Crippen LogP contribution in [0.4, 0.5) is 0 Å². The predicted octanol–water partition coefficient (Wildman–Crippen LogP) is 4.27. The highest BCUT2D eigenvalue weighted by molar-refractivity contribution is 6.32. The second-order valence-electron chi connectivity index (χ2n) is 5.91. The zero-order valence-electron chi connectivity index (χ0n) is 16.5. The molecular weight excluding hydrogens is 382 g/mol. The number of carbonyl (C=O) groups is 1. The quantitative estimate of drug-likeness (QED) is 0.664. The summed E-state index contributed by atoms with van der Waals surface area (Å²) in [5.74, 6) is 2.04. The molecule has 0 aliphatic rings. The third-order valence-corrected chi connectivity index (χ3v) is 4.43. The fraction of sp³-hybridized carbons (Fsp3) is 0.286. The summed E-state index contributed by atoms with van der Waals surface area (Å²) in [5, 5.41) is 3.31. The second-order valence-corrected chi connectivity index (χ2v) is 6.32. The first-order valence-corrected chi connectivity index (χ1v) is 8.93. The number of hydrogen-bond acceptors (Lipinski definition) is 5. The van der Waals surface area contributed by atoms with E-state index in [1.54, 1.807) is 44.6 Å². The topological polar surface area (TPSA) is 66.0 Å². The van der Waals surface area contributed by atoms with Gasteiger partial charge in [0, 0.05) is 11.6 Å². The van der Waals surface area contributed by atoms with Gasteiger partial charge in [0.1, 0.15) is 11.5 Å². The summed E-state index contributed by atoms with van der Waals surface area (Å²) >= 11 is 6.19. The fourth-order valence-electron chi connectivity index (χ4n) is 2.72. The highest BCUT2D eigenvalue weighted by Crippen LogP contribution is 2.36. The van der Waals surface area contributed by atoms with Crippen LogP contribution in [0.1, 0.15) is 24.1 Å². The Hall–Kier alpha value is -2.86. The van der Waals surface area contributed by atoms with Gasteiger partial charge >= 0.3 is 0 Å². The molecule has 28 heavy (non-hydrogen) atoms. The van der Waals surface area contributed by atoms with E-state index in [-0.39, 0.29) is 11.9 Å². The summed E-state index contributed by atoms with van der Waals surface area (Å²) in [6.07, 6.45) is 3.08. The monoisotopic (exact) mass is 405 g/mol. The van der Waals surface area contributed by atoms with Crippen molar-refractivity contribution in [3.8, 4) is 23.0 Å². The Balaban J connectivity index is 2.15. The highest BCUT2D eigenvalue weighted by atomic mass is 35.5. The van der Waals surface area contributed by atoms with E-state index in [1.807, 2.05) is 13.0 Å². The predicted molar refractivity (Wildman–Crippen MR) is 110 cm³/mol. The summed E-state index contributed by atoms with van der Waals surface area (Å²) in [5.41, 5.74) is 1.53. The molecule has 1 amide bonds. The molecule has 6 nitrogen and oxygen atoms in total. The largest absolute Gasteiger partial charge is 0.497 e. The Bertz CT molecular complexity index is 866. The van der Waals surface area contributed by atoms with E-state index in [0.717, 1.165) is 5.56 Å². The average molecular weight is 406 g/mol. The van der Waals surface area contributed by atoms with Gasteiger partial charge in [-0.1, -0.05) is 11.6 Å². The molecular formula is C21H24ClNO5. The van der Waals surface area contributed by atoms with Crippen molar-refractivity contribution in [2.75, 3.05) is 28.4 Å². The summed E-state index contributed by atoms with van der Waals surface area (Å²) in [6.45, 7) is 1.87. The molecule has 0 unspecified atom stereocenters. The minimum atomic E-state index is -0.281. The normalized spacial score (nSPS) is 11.8. The van der Waals surface area contributed by atoms with Gasteiger partial charge in [-0.05, 0) is 48.9 Å². The number of amides is 1. The molecule has 1 N–H and O–H groups in total. The standard InChI is InChI=1S/C21H24ClNO5/c1-13(16-12-15(25-2)7-8-18(16)26-3)23-20(24)9-6-14-10-17(22)21(28-5)19(11-14)27-4/h6-13H,1-5H3,(H,23,24)/b9-6+/t13-/m0/s1. The summed E-state index contributed by atoms with van der Waals surface area (Å²) in [4.78, 5) is 12.4. The van der Waals surface area contributed by atoms with Gasteiger partial charge in [0.2, 0.25) is 5.91 Å². The van der Waals surface area contributed by atoms with E-state index < -0.39 is 0 Å². The minimum Gasteiger partial charge on any atom is -0.497 e. The van der Waals surface area contributed by atoms with E-state index in [4.69, 9.17) is 30.5 Å². The van der Waals surface area contributed by atoms with E-state index in [1.165, 1.54) is 20.3 Å². The second kappa shape index (κ2) is 9.90. The first kappa shape index (κ1) is 21.4. The highest BCUT2D eigenvalue weighted by Gasteiger charge is 2.14. The molecule has 2 aromatic rings. The van der Waals surface area contributed by atoms with E-state index in [9.17, 15) is 4.79 Å². The van der Waals surface area contributed by atoms with Gasteiger partial charge in [0.15, 0.2) is 11.5 Å². The molecule has 0 fully saturated rings. The molecule has 2 aromatic carbocycles. The Morgan fingerprint density at radius 3 is 2.32 bits per heavy atom.